The molecular formula is C18H16F3N5O3. The van der Waals surface area contributed by atoms with E-state index in [1.54, 1.807) is 11.0 Å². The van der Waals surface area contributed by atoms with Gasteiger partial charge < -0.3 is 14.2 Å². The summed E-state index contributed by atoms with van der Waals surface area (Å²) in [4.78, 5) is 17.9. The molecule has 0 saturated carbocycles. The summed E-state index contributed by atoms with van der Waals surface area (Å²) >= 11 is 0. The van der Waals surface area contributed by atoms with Crippen LogP contribution >= 0.6 is 0 Å². The van der Waals surface area contributed by atoms with Gasteiger partial charge in [0.15, 0.2) is 6.19 Å². The number of benzene rings is 1. The zero-order valence-corrected chi connectivity index (χ0v) is 15.1. The highest BCUT2D eigenvalue weighted by Gasteiger charge is 2.40. The van der Waals surface area contributed by atoms with Crippen molar-refractivity contribution in [2.24, 2.45) is 0 Å². The van der Waals surface area contributed by atoms with Gasteiger partial charge in [-0.1, -0.05) is 17.3 Å². The average Bonchev–Trinajstić information content (AvgIpc) is 3.17. The SMILES string of the molecule is N#CN1CCN2CCN(c3cc(-c4cccc(OC(F)(F)F)c4)no3)C(=O)[C@H]2C1. The molecule has 2 aliphatic heterocycles. The zero-order valence-electron chi connectivity index (χ0n) is 15.1. The van der Waals surface area contributed by atoms with Crippen LogP contribution in [0, 0.1) is 11.5 Å². The second-order valence-electron chi connectivity index (χ2n) is 6.71. The van der Waals surface area contributed by atoms with Crippen LogP contribution in [0.15, 0.2) is 34.9 Å². The van der Waals surface area contributed by atoms with E-state index >= 15 is 0 Å². The molecule has 4 rings (SSSR count). The Bertz CT molecular complexity index is 955. The van der Waals surface area contributed by atoms with Crippen molar-refractivity contribution >= 4 is 11.8 Å². The molecule has 8 nitrogen and oxygen atoms in total. The molecule has 1 aromatic carbocycles. The van der Waals surface area contributed by atoms with Crippen LogP contribution in [0.25, 0.3) is 11.3 Å². The molecule has 0 bridgehead atoms. The molecule has 2 saturated heterocycles. The fraction of sp³-hybridized carbons (Fsp3) is 0.389. The zero-order chi connectivity index (χ0) is 20.6. The summed E-state index contributed by atoms with van der Waals surface area (Å²) in [6.07, 6.45) is -2.73. The Balaban J connectivity index is 1.53. The molecule has 1 amide bonds. The number of carbonyl (C=O) groups is 1. The lowest BCUT2D eigenvalue weighted by molar-refractivity contribution is -0.274. The van der Waals surface area contributed by atoms with Gasteiger partial charge in [-0.15, -0.1) is 13.2 Å². The fourth-order valence-corrected chi connectivity index (χ4v) is 3.53. The molecule has 0 aliphatic carbocycles. The van der Waals surface area contributed by atoms with Crippen molar-refractivity contribution in [3.05, 3.63) is 30.3 Å². The number of rotatable bonds is 3. The summed E-state index contributed by atoms with van der Waals surface area (Å²) in [5, 5.41) is 13.0. The van der Waals surface area contributed by atoms with E-state index in [0.717, 1.165) is 0 Å². The van der Waals surface area contributed by atoms with Crippen molar-refractivity contribution < 1.29 is 27.2 Å². The second-order valence-corrected chi connectivity index (χ2v) is 6.71. The first-order valence-corrected chi connectivity index (χ1v) is 8.87. The number of fused-ring (bicyclic) bond motifs is 1. The number of amides is 1. The molecular weight excluding hydrogens is 391 g/mol. The maximum absolute atomic E-state index is 12.9. The molecule has 1 aromatic heterocycles. The third kappa shape index (κ3) is 3.97. The van der Waals surface area contributed by atoms with Crippen LogP contribution in [0.5, 0.6) is 5.75 Å². The summed E-state index contributed by atoms with van der Waals surface area (Å²) in [5.74, 6) is -0.364. The number of halogens is 3. The highest BCUT2D eigenvalue weighted by atomic mass is 19.4. The van der Waals surface area contributed by atoms with Crippen LogP contribution in [-0.4, -0.2) is 66.0 Å². The highest BCUT2D eigenvalue weighted by molar-refractivity contribution is 5.97. The Hall–Kier alpha value is -3.26. The number of alkyl halides is 3. The summed E-state index contributed by atoms with van der Waals surface area (Å²) in [6, 6.07) is 6.41. The first kappa shape index (κ1) is 19.1. The number of anilines is 1. The Kier molecular flexibility index (Phi) is 4.79. The van der Waals surface area contributed by atoms with E-state index in [2.05, 4.69) is 16.1 Å². The number of carbonyl (C=O) groups excluding carboxylic acids is 1. The molecule has 0 radical (unpaired) electrons. The van der Waals surface area contributed by atoms with Crippen LogP contribution in [0.1, 0.15) is 0 Å². The molecule has 152 valence electrons. The number of hydrogen-bond donors (Lipinski definition) is 0. The monoisotopic (exact) mass is 407 g/mol. The number of nitrogens with zero attached hydrogens (tertiary/aromatic N) is 5. The van der Waals surface area contributed by atoms with Gasteiger partial charge in [0.05, 0.1) is 6.54 Å². The van der Waals surface area contributed by atoms with Gasteiger partial charge in [-0.2, -0.15) is 5.26 Å². The minimum atomic E-state index is -4.79. The highest BCUT2D eigenvalue weighted by Crippen LogP contribution is 2.31. The average molecular weight is 407 g/mol. The molecule has 0 unspecified atom stereocenters. The van der Waals surface area contributed by atoms with E-state index in [1.807, 2.05) is 4.90 Å². The molecule has 2 fully saturated rings. The number of piperazine rings is 2. The van der Waals surface area contributed by atoms with Crippen molar-refractivity contribution in [2.45, 2.75) is 12.4 Å². The number of aromatic nitrogens is 1. The predicted molar refractivity (Wildman–Crippen MR) is 93.5 cm³/mol. The Labute approximate surface area is 163 Å². The Morgan fingerprint density at radius 1 is 1.21 bits per heavy atom. The fourth-order valence-electron chi connectivity index (χ4n) is 3.53. The largest absolute Gasteiger partial charge is 0.573 e. The van der Waals surface area contributed by atoms with Crippen molar-refractivity contribution in [1.82, 2.24) is 15.0 Å². The minimum absolute atomic E-state index is 0.201. The maximum Gasteiger partial charge on any atom is 0.573 e. The first-order chi connectivity index (χ1) is 13.8. The van der Waals surface area contributed by atoms with Crippen LogP contribution < -0.4 is 9.64 Å². The summed E-state index contributed by atoms with van der Waals surface area (Å²) in [7, 11) is 0. The van der Waals surface area contributed by atoms with Gasteiger partial charge in [0.2, 0.25) is 11.8 Å². The molecule has 0 spiro atoms. The molecule has 11 heteroatoms. The lowest BCUT2D eigenvalue weighted by atomic mass is 10.1. The molecule has 3 heterocycles. The van der Waals surface area contributed by atoms with E-state index in [0.29, 0.717) is 38.3 Å². The van der Waals surface area contributed by atoms with Gasteiger partial charge in [0, 0.05) is 37.8 Å². The van der Waals surface area contributed by atoms with E-state index in [9.17, 15) is 18.0 Å². The smallest absolute Gasteiger partial charge is 0.406 e. The molecule has 0 N–H and O–H groups in total. The Morgan fingerprint density at radius 3 is 2.76 bits per heavy atom. The summed E-state index contributed by atoms with van der Waals surface area (Å²) in [5.41, 5.74) is 0.645. The first-order valence-electron chi connectivity index (χ1n) is 8.87. The number of hydrogen-bond acceptors (Lipinski definition) is 7. The predicted octanol–water partition coefficient (Wildman–Crippen LogP) is 2.05. The van der Waals surface area contributed by atoms with E-state index < -0.39 is 12.4 Å². The van der Waals surface area contributed by atoms with Gasteiger partial charge >= 0.3 is 6.36 Å². The molecule has 2 aliphatic rings. The van der Waals surface area contributed by atoms with Gasteiger partial charge in [0.1, 0.15) is 17.5 Å². The van der Waals surface area contributed by atoms with Gasteiger partial charge in [-0.3, -0.25) is 14.6 Å². The van der Waals surface area contributed by atoms with Crippen molar-refractivity contribution in [3.8, 4) is 23.2 Å². The summed E-state index contributed by atoms with van der Waals surface area (Å²) < 4.78 is 46.5. The van der Waals surface area contributed by atoms with Crippen LogP contribution in [-0.2, 0) is 4.79 Å². The van der Waals surface area contributed by atoms with E-state index in [-0.39, 0.29) is 23.2 Å². The maximum atomic E-state index is 12.9. The standard InChI is InChI=1S/C18H16F3N5O3/c19-18(20,21)28-13-3-1-2-12(8-13)14-9-16(29-23-14)26-7-6-25-5-4-24(11-22)10-15(25)17(26)27/h1-3,8-9,15H,4-7,10H2/t15-/m1/s1. The molecule has 29 heavy (non-hydrogen) atoms. The molecule has 1 atom stereocenters. The van der Waals surface area contributed by atoms with E-state index in [4.69, 9.17) is 9.78 Å². The topological polar surface area (TPSA) is 85.8 Å². The second kappa shape index (κ2) is 7.29. The Morgan fingerprint density at radius 2 is 2.00 bits per heavy atom. The number of nitriles is 1. The van der Waals surface area contributed by atoms with Crippen LogP contribution in [0.4, 0.5) is 19.1 Å². The quantitative estimate of drug-likeness (QED) is 0.720. The lowest BCUT2D eigenvalue weighted by Crippen LogP contribution is -2.64. The third-order valence-corrected chi connectivity index (χ3v) is 4.92. The third-order valence-electron chi connectivity index (χ3n) is 4.92. The number of ether oxygens (including phenoxy) is 1. The van der Waals surface area contributed by atoms with E-state index in [1.165, 1.54) is 29.2 Å². The molecule has 2 aromatic rings. The lowest BCUT2D eigenvalue weighted by Gasteiger charge is -2.44. The summed E-state index contributed by atoms with van der Waals surface area (Å²) in [6.45, 7) is 2.55. The van der Waals surface area contributed by atoms with Gasteiger partial charge in [-0.05, 0) is 12.1 Å². The van der Waals surface area contributed by atoms with Crippen LogP contribution in [0.2, 0.25) is 0 Å². The minimum Gasteiger partial charge on any atom is -0.406 e. The van der Waals surface area contributed by atoms with Gasteiger partial charge in [-0.25, -0.2) is 0 Å². The van der Waals surface area contributed by atoms with Crippen molar-refractivity contribution in [3.63, 3.8) is 0 Å². The normalized spacial score (nSPS) is 20.3. The van der Waals surface area contributed by atoms with Crippen LogP contribution in [0.3, 0.4) is 0 Å². The van der Waals surface area contributed by atoms with Crippen molar-refractivity contribution in [1.29, 1.82) is 5.26 Å². The van der Waals surface area contributed by atoms with Crippen molar-refractivity contribution in [2.75, 3.05) is 37.6 Å². The van der Waals surface area contributed by atoms with Gasteiger partial charge in [0.25, 0.3) is 0 Å².